The van der Waals surface area contributed by atoms with Crippen molar-refractivity contribution < 1.29 is 13.2 Å². The van der Waals surface area contributed by atoms with Crippen LogP contribution >= 0.6 is 23.1 Å². The lowest BCUT2D eigenvalue weighted by Crippen LogP contribution is -2.13. The van der Waals surface area contributed by atoms with Crippen molar-refractivity contribution in [2.24, 2.45) is 5.73 Å². The Balaban J connectivity index is 2.33. The molecule has 0 saturated heterocycles. The second kappa shape index (κ2) is 5.34. The third-order valence-electron chi connectivity index (χ3n) is 2.38. The van der Waals surface area contributed by atoms with Crippen LogP contribution in [0.25, 0.3) is 0 Å². The molecule has 2 N–H and O–H groups in total. The zero-order valence-electron chi connectivity index (χ0n) is 9.15. The summed E-state index contributed by atoms with van der Waals surface area (Å²) in [5.41, 5.74) is 3.03. The van der Waals surface area contributed by atoms with Crippen molar-refractivity contribution in [1.29, 1.82) is 0 Å². The predicted octanol–water partition coefficient (Wildman–Crippen LogP) is 4.41. The van der Waals surface area contributed by atoms with E-state index in [9.17, 15) is 13.2 Å². The van der Waals surface area contributed by atoms with E-state index in [1.807, 2.05) is 16.8 Å². The highest BCUT2D eigenvalue weighted by Gasteiger charge is 2.31. The van der Waals surface area contributed by atoms with Crippen LogP contribution in [-0.4, -0.2) is 5.51 Å². The lowest BCUT2D eigenvalue weighted by Gasteiger charge is -2.16. The first kappa shape index (κ1) is 13.5. The lowest BCUT2D eigenvalue weighted by atomic mass is 10.0. The zero-order chi connectivity index (χ0) is 13.2. The van der Waals surface area contributed by atoms with Gasteiger partial charge in [-0.3, -0.25) is 0 Å². The molecule has 96 valence electrons. The molecule has 0 aliphatic rings. The van der Waals surface area contributed by atoms with Gasteiger partial charge in [0.15, 0.2) is 0 Å². The quantitative estimate of drug-likeness (QED) is 0.847. The van der Waals surface area contributed by atoms with E-state index >= 15 is 0 Å². The Morgan fingerprint density at radius 1 is 1.17 bits per heavy atom. The van der Waals surface area contributed by atoms with Crippen LogP contribution in [0.5, 0.6) is 0 Å². The van der Waals surface area contributed by atoms with Gasteiger partial charge < -0.3 is 5.73 Å². The molecule has 0 saturated carbocycles. The van der Waals surface area contributed by atoms with Crippen LogP contribution in [0.3, 0.4) is 0 Å². The Morgan fingerprint density at radius 2 is 1.89 bits per heavy atom. The summed E-state index contributed by atoms with van der Waals surface area (Å²) in [4.78, 5) is 0.156. The molecule has 1 atom stereocenters. The molecule has 0 amide bonds. The number of rotatable bonds is 3. The third kappa shape index (κ3) is 3.28. The van der Waals surface area contributed by atoms with Crippen molar-refractivity contribution in [3.63, 3.8) is 0 Å². The van der Waals surface area contributed by atoms with Gasteiger partial charge in [-0.15, -0.1) is 0 Å². The largest absolute Gasteiger partial charge is 0.446 e. The summed E-state index contributed by atoms with van der Waals surface area (Å²) in [6.45, 7) is 0. The Kier molecular flexibility index (Phi) is 3.99. The van der Waals surface area contributed by atoms with Crippen LogP contribution in [-0.2, 0) is 0 Å². The maximum Gasteiger partial charge on any atom is 0.446 e. The number of nitrogens with two attached hydrogens (primary N) is 1. The van der Waals surface area contributed by atoms with Gasteiger partial charge in [0.25, 0.3) is 0 Å². The maximum atomic E-state index is 12.5. The molecule has 18 heavy (non-hydrogen) atoms. The van der Waals surface area contributed by atoms with Crippen molar-refractivity contribution in [3.8, 4) is 0 Å². The number of hydrogen-bond donors (Lipinski definition) is 1. The Hall–Kier alpha value is -0.980. The molecule has 1 aromatic carbocycles. The molecule has 0 fully saturated rings. The van der Waals surface area contributed by atoms with Gasteiger partial charge in [-0.1, -0.05) is 18.2 Å². The summed E-state index contributed by atoms with van der Waals surface area (Å²) < 4.78 is 37.4. The van der Waals surface area contributed by atoms with E-state index in [0.717, 1.165) is 5.56 Å². The van der Waals surface area contributed by atoms with Crippen molar-refractivity contribution in [2.75, 3.05) is 0 Å². The van der Waals surface area contributed by atoms with Crippen LogP contribution in [0, 0.1) is 0 Å². The van der Waals surface area contributed by atoms with E-state index < -0.39 is 11.6 Å². The summed E-state index contributed by atoms with van der Waals surface area (Å²) in [7, 11) is 0. The van der Waals surface area contributed by atoms with Crippen LogP contribution in [0.4, 0.5) is 13.2 Å². The second-order valence-electron chi connectivity index (χ2n) is 3.62. The molecule has 0 unspecified atom stereocenters. The summed E-state index contributed by atoms with van der Waals surface area (Å²) in [6, 6.07) is 7.66. The van der Waals surface area contributed by atoms with Crippen molar-refractivity contribution in [3.05, 3.63) is 52.2 Å². The number of thioether (sulfide) groups is 1. The average Bonchev–Trinajstić information content (AvgIpc) is 2.80. The molecule has 2 aromatic rings. The van der Waals surface area contributed by atoms with E-state index in [4.69, 9.17) is 5.73 Å². The summed E-state index contributed by atoms with van der Waals surface area (Å²) >= 11 is 1.35. The molecule has 1 heterocycles. The van der Waals surface area contributed by atoms with Crippen LogP contribution in [0.15, 0.2) is 46.0 Å². The van der Waals surface area contributed by atoms with Gasteiger partial charge in [0.2, 0.25) is 0 Å². The Bertz CT molecular complexity index is 508. The van der Waals surface area contributed by atoms with Crippen LogP contribution in [0.2, 0.25) is 0 Å². The second-order valence-corrected chi connectivity index (χ2v) is 5.51. The summed E-state index contributed by atoms with van der Waals surface area (Å²) in [5.74, 6) is 0. The SMILES string of the molecule is N[C@@H](c1ccsc1)c1ccccc1SC(F)(F)F. The number of benzene rings is 1. The number of halogens is 3. The van der Waals surface area contributed by atoms with Crippen molar-refractivity contribution in [1.82, 2.24) is 0 Å². The zero-order valence-corrected chi connectivity index (χ0v) is 10.8. The molecule has 0 aliphatic carbocycles. The van der Waals surface area contributed by atoms with Gasteiger partial charge in [0, 0.05) is 4.90 Å². The molecular formula is C12H10F3NS2. The Morgan fingerprint density at radius 3 is 2.50 bits per heavy atom. The van der Waals surface area contributed by atoms with Gasteiger partial charge >= 0.3 is 5.51 Å². The fourth-order valence-electron chi connectivity index (χ4n) is 1.59. The molecule has 1 aromatic heterocycles. The van der Waals surface area contributed by atoms with E-state index in [1.54, 1.807) is 18.2 Å². The van der Waals surface area contributed by atoms with Crippen LogP contribution in [0.1, 0.15) is 17.2 Å². The molecule has 6 heteroatoms. The minimum absolute atomic E-state index is 0.124. The Labute approximate surface area is 111 Å². The first-order chi connectivity index (χ1) is 8.47. The number of alkyl halides is 3. The third-order valence-corrected chi connectivity index (χ3v) is 3.91. The van der Waals surface area contributed by atoms with Crippen molar-refractivity contribution >= 4 is 23.1 Å². The number of hydrogen-bond acceptors (Lipinski definition) is 3. The number of thiophene rings is 1. The predicted molar refractivity (Wildman–Crippen MR) is 68.7 cm³/mol. The first-order valence-corrected chi connectivity index (χ1v) is 6.85. The fourth-order valence-corrected chi connectivity index (χ4v) is 2.99. The minimum atomic E-state index is -4.30. The molecule has 0 bridgehead atoms. The average molecular weight is 289 g/mol. The van der Waals surface area contributed by atoms with Crippen molar-refractivity contribution in [2.45, 2.75) is 16.4 Å². The van der Waals surface area contributed by atoms with E-state index in [-0.39, 0.29) is 16.7 Å². The van der Waals surface area contributed by atoms with Gasteiger partial charge in [-0.05, 0) is 45.8 Å². The molecule has 0 radical (unpaired) electrons. The fraction of sp³-hybridized carbons (Fsp3) is 0.167. The van der Waals surface area contributed by atoms with Gasteiger partial charge in [-0.25, -0.2) is 0 Å². The van der Waals surface area contributed by atoms with E-state index in [1.165, 1.54) is 17.4 Å². The molecule has 0 aliphatic heterocycles. The van der Waals surface area contributed by atoms with E-state index in [0.29, 0.717) is 5.56 Å². The topological polar surface area (TPSA) is 26.0 Å². The highest BCUT2D eigenvalue weighted by Crippen LogP contribution is 2.40. The minimum Gasteiger partial charge on any atom is -0.320 e. The highest BCUT2D eigenvalue weighted by atomic mass is 32.2. The molecular weight excluding hydrogens is 279 g/mol. The smallest absolute Gasteiger partial charge is 0.320 e. The van der Waals surface area contributed by atoms with Gasteiger partial charge in [-0.2, -0.15) is 24.5 Å². The molecule has 2 rings (SSSR count). The van der Waals surface area contributed by atoms with E-state index in [2.05, 4.69) is 0 Å². The van der Waals surface area contributed by atoms with Crippen LogP contribution < -0.4 is 5.73 Å². The first-order valence-electron chi connectivity index (χ1n) is 5.10. The molecule has 1 nitrogen and oxygen atoms in total. The normalized spacial score (nSPS) is 13.6. The lowest BCUT2D eigenvalue weighted by molar-refractivity contribution is -0.0328. The highest BCUT2D eigenvalue weighted by molar-refractivity contribution is 8.00. The monoisotopic (exact) mass is 289 g/mol. The maximum absolute atomic E-state index is 12.5. The summed E-state index contributed by atoms with van der Waals surface area (Å²) in [6.07, 6.45) is 0. The van der Waals surface area contributed by atoms with Gasteiger partial charge in [0.05, 0.1) is 6.04 Å². The van der Waals surface area contributed by atoms with Gasteiger partial charge in [0.1, 0.15) is 0 Å². The standard InChI is InChI=1S/C12H10F3NS2/c13-12(14,15)18-10-4-2-1-3-9(10)11(16)8-5-6-17-7-8/h1-7,11H,16H2/t11-/m0/s1. The summed E-state index contributed by atoms with van der Waals surface area (Å²) in [5, 5.41) is 3.70. The molecule has 0 spiro atoms.